The number of piperazine rings is 1. The molecule has 0 aliphatic carbocycles. The largest absolute Gasteiger partial charge is 0.334 e. The Kier molecular flexibility index (Phi) is 3.48. The fraction of sp³-hybridized carbons (Fsp3) is 0.700. The number of rotatable bonds is 1. The Morgan fingerprint density at radius 2 is 2.31 bits per heavy atom. The molecule has 1 saturated heterocycles. The Balaban J connectivity index is 2.64. The van der Waals surface area contributed by atoms with Gasteiger partial charge in [0.1, 0.15) is 0 Å². The topological polar surface area (TPSA) is 32.3 Å². The molecule has 0 saturated carbocycles. The van der Waals surface area contributed by atoms with Gasteiger partial charge in [0.15, 0.2) is 0 Å². The van der Waals surface area contributed by atoms with E-state index in [1.807, 2.05) is 24.8 Å². The molecule has 0 spiro atoms. The van der Waals surface area contributed by atoms with Gasteiger partial charge in [-0.1, -0.05) is 6.08 Å². The molecule has 1 N–H and O–H groups in total. The smallest absolute Gasteiger partial charge is 0.249 e. The van der Waals surface area contributed by atoms with Crippen molar-refractivity contribution in [1.29, 1.82) is 0 Å². The summed E-state index contributed by atoms with van der Waals surface area (Å²) in [6.07, 6.45) is 1.87. The second-order valence-corrected chi connectivity index (χ2v) is 3.52. The molecule has 1 atom stereocenters. The maximum atomic E-state index is 11.8. The molecule has 1 amide bonds. The van der Waals surface area contributed by atoms with Gasteiger partial charge in [0.2, 0.25) is 5.91 Å². The van der Waals surface area contributed by atoms with E-state index in [-0.39, 0.29) is 5.91 Å². The summed E-state index contributed by atoms with van der Waals surface area (Å²) in [6, 6.07) is 0.316. The molecule has 0 aromatic rings. The van der Waals surface area contributed by atoms with Gasteiger partial charge in [-0.15, -0.1) is 0 Å². The quantitative estimate of drug-likeness (QED) is 0.608. The summed E-state index contributed by atoms with van der Waals surface area (Å²) >= 11 is 0. The maximum absolute atomic E-state index is 11.8. The number of allylic oxidation sites excluding steroid dienone is 1. The van der Waals surface area contributed by atoms with Gasteiger partial charge >= 0.3 is 0 Å². The van der Waals surface area contributed by atoms with Crippen molar-refractivity contribution in [2.24, 2.45) is 0 Å². The number of carbonyl (C=O) groups is 1. The third-order valence-electron chi connectivity index (χ3n) is 2.53. The summed E-state index contributed by atoms with van der Waals surface area (Å²) in [6.45, 7) is 8.49. The van der Waals surface area contributed by atoms with Crippen LogP contribution in [0.1, 0.15) is 20.8 Å². The second-order valence-electron chi connectivity index (χ2n) is 3.52. The van der Waals surface area contributed by atoms with Crippen LogP contribution in [0.5, 0.6) is 0 Å². The van der Waals surface area contributed by atoms with Crippen molar-refractivity contribution in [2.45, 2.75) is 26.8 Å². The van der Waals surface area contributed by atoms with E-state index in [2.05, 4.69) is 12.2 Å². The Morgan fingerprint density at radius 1 is 1.62 bits per heavy atom. The maximum Gasteiger partial charge on any atom is 0.249 e. The number of amides is 1. The molecule has 3 heteroatoms. The highest BCUT2D eigenvalue weighted by Gasteiger charge is 2.23. The summed E-state index contributed by atoms with van der Waals surface area (Å²) in [4.78, 5) is 13.7. The first-order valence-electron chi connectivity index (χ1n) is 4.81. The molecule has 0 aromatic carbocycles. The van der Waals surface area contributed by atoms with Crippen molar-refractivity contribution < 1.29 is 4.79 Å². The minimum absolute atomic E-state index is 0.177. The van der Waals surface area contributed by atoms with E-state index in [0.29, 0.717) is 6.04 Å². The molecule has 1 rings (SSSR count). The van der Waals surface area contributed by atoms with Crippen LogP contribution in [0.2, 0.25) is 0 Å². The molecular formula is C10H18N2O. The van der Waals surface area contributed by atoms with Crippen molar-refractivity contribution in [3.05, 3.63) is 11.6 Å². The highest BCUT2D eigenvalue weighted by molar-refractivity contribution is 5.93. The van der Waals surface area contributed by atoms with E-state index in [1.165, 1.54) is 0 Å². The molecule has 3 nitrogen and oxygen atoms in total. The van der Waals surface area contributed by atoms with Gasteiger partial charge < -0.3 is 10.2 Å². The number of carbonyl (C=O) groups excluding carboxylic acids is 1. The average molecular weight is 182 g/mol. The summed E-state index contributed by atoms with van der Waals surface area (Å²) in [5.74, 6) is 0.177. The van der Waals surface area contributed by atoms with Gasteiger partial charge in [0.05, 0.1) is 0 Å². The zero-order valence-electron chi connectivity index (χ0n) is 8.63. The molecule has 0 radical (unpaired) electrons. The lowest BCUT2D eigenvalue weighted by Crippen LogP contribution is -2.52. The van der Waals surface area contributed by atoms with Crippen LogP contribution >= 0.6 is 0 Å². The van der Waals surface area contributed by atoms with Crippen molar-refractivity contribution in [3.63, 3.8) is 0 Å². The molecule has 0 bridgehead atoms. The van der Waals surface area contributed by atoms with E-state index in [4.69, 9.17) is 0 Å². The molecule has 74 valence electrons. The van der Waals surface area contributed by atoms with Crippen LogP contribution in [0.3, 0.4) is 0 Å². The van der Waals surface area contributed by atoms with Gasteiger partial charge in [-0.05, 0) is 20.8 Å². The van der Waals surface area contributed by atoms with Gasteiger partial charge in [-0.2, -0.15) is 0 Å². The Bertz CT molecular complexity index is 223. The van der Waals surface area contributed by atoms with Crippen LogP contribution in [0.15, 0.2) is 11.6 Å². The molecule has 0 aromatic heterocycles. The van der Waals surface area contributed by atoms with Crippen molar-refractivity contribution in [2.75, 3.05) is 19.6 Å². The van der Waals surface area contributed by atoms with Gasteiger partial charge in [0, 0.05) is 31.2 Å². The number of hydrogen-bond donors (Lipinski definition) is 1. The van der Waals surface area contributed by atoms with Crippen LogP contribution in [0, 0.1) is 0 Å². The highest BCUT2D eigenvalue weighted by atomic mass is 16.2. The normalized spacial score (nSPS) is 24.7. The number of nitrogens with zero attached hydrogens (tertiary/aromatic N) is 1. The predicted octanol–water partition coefficient (Wildman–Crippen LogP) is 0.773. The minimum atomic E-state index is 0.177. The monoisotopic (exact) mass is 182 g/mol. The zero-order chi connectivity index (χ0) is 9.84. The van der Waals surface area contributed by atoms with E-state index in [9.17, 15) is 4.79 Å². The molecule has 1 aliphatic heterocycles. The van der Waals surface area contributed by atoms with E-state index >= 15 is 0 Å². The molecule has 1 unspecified atom stereocenters. The molecule has 13 heavy (non-hydrogen) atoms. The summed E-state index contributed by atoms with van der Waals surface area (Å²) in [5, 5.41) is 3.26. The van der Waals surface area contributed by atoms with Crippen LogP contribution in [0.4, 0.5) is 0 Å². The predicted molar refractivity (Wildman–Crippen MR) is 53.5 cm³/mol. The number of hydrogen-bond acceptors (Lipinski definition) is 2. The second kappa shape index (κ2) is 4.42. The first kappa shape index (κ1) is 10.3. The fourth-order valence-corrected chi connectivity index (χ4v) is 1.49. The summed E-state index contributed by atoms with van der Waals surface area (Å²) in [5.41, 5.74) is 0.841. The first-order chi connectivity index (χ1) is 6.16. The van der Waals surface area contributed by atoms with Crippen molar-refractivity contribution in [1.82, 2.24) is 10.2 Å². The van der Waals surface area contributed by atoms with Crippen molar-refractivity contribution >= 4 is 5.91 Å². The number of nitrogens with one attached hydrogen (secondary N) is 1. The lowest BCUT2D eigenvalue weighted by atomic mass is 10.1. The van der Waals surface area contributed by atoms with Gasteiger partial charge in [-0.3, -0.25) is 4.79 Å². The van der Waals surface area contributed by atoms with E-state index in [0.717, 1.165) is 25.2 Å². The lowest BCUT2D eigenvalue weighted by molar-refractivity contribution is -0.129. The SMILES string of the molecule is C/C=C(/C)C(=O)N1CCNCC1C. The molecular weight excluding hydrogens is 164 g/mol. The third-order valence-corrected chi connectivity index (χ3v) is 2.53. The van der Waals surface area contributed by atoms with E-state index < -0.39 is 0 Å². The summed E-state index contributed by atoms with van der Waals surface area (Å²) in [7, 11) is 0. The Hall–Kier alpha value is -0.830. The van der Waals surface area contributed by atoms with Crippen LogP contribution < -0.4 is 5.32 Å². The van der Waals surface area contributed by atoms with Crippen LogP contribution in [0.25, 0.3) is 0 Å². The molecule has 1 aliphatic rings. The zero-order valence-corrected chi connectivity index (χ0v) is 8.63. The van der Waals surface area contributed by atoms with Crippen molar-refractivity contribution in [3.8, 4) is 0 Å². The Morgan fingerprint density at radius 3 is 2.85 bits per heavy atom. The molecule has 1 heterocycles. The summed E-state index contributed by atoms with van der Waals surface area (Å²) < 4.78 is 0. The molecule has 1 fully saturated rings. The highest BCUT2D eigenvalue weighted by Crippen LogP contribution is 2.07. The standard InChI is InChI=1S/C10H18N2O/c1-4-8(2)10(13)12-6-5-11-7-9(12)3/h4,9,11H,5-7H2,1-3H3/b8-4-. The van der Waals surface area contributed by atoms with Gasteiger partial charge in [0.25, 0.3) is 0 Å². The average Bonchev–Trinajstić information content (AvgIpc) is 2.16. The first-order valence-corrected chi connectivity index (χ1v) is 4.81. The fourth-order valence-electron chi connectivity index (χ4n) is 1.49. The lowest BCUT2D eigenvalue weighted by Gasteiger charge is -2.34. The minimum Gasteiger partial charge on any atom is -0.334 e. The Labute approximate surface area is 79.8 Å². The van der Waals surface area contributed by atoms with E-state index in [1.54, 1.807) is 0 Å². The van der Waals surface area contributed by atoms with Crippen LogP contribution in [-0.4, -0.2) is 36.5 Å². The van der Waals surface area contributed by atoms with Crippen LogP contribution in [-0.2, 0) is 4.79 Å². The third kappa shape index (κ3) is 2.31. The van der Waals surface area contributed by atoms with Gasteiger partial charge in [-0.25, -0.2) is 0 Å².